The summed E-state index contributed by atoms with van der Waals surface area (Å²) in [7, 11) is -3.59. The van der Waals surface area contributed by atoms with Gasteiger partial charge in [0, 0.05) is 49.9 Å². The lowest BCUT2D eigenvalue weighted by atomic mass is 9.78. The third-order valence-electron chi connectivity index (χ3n) is 8.87. The Morgan fingerprint density at radius 1 is 0.949 bits per heavy atom. The molecule has 206 valence electrons. The van der Waals surface area contributed by atoms with Crippen molar-refractivity contribution in [2.24, 2.45) is 5.92 Å². The summed E-state index contributed by atoms with van der Waals surface area (Å²) in [6.07, 6.45) is 3.06. The van der Waals surface area contributed by atoms with Crippen molar-refractivity contribution in [3.63, 3.8) is 0 Å². The molecule has 0 unspecified atom stereocenters. The monoisotopic (exact) mass is 550 g/mol. The molecule has 4 heterocycles. The van der Waals surface area contributed by atoms with Gasteiger partial charge in [-0.2, -0.15) is 0 Å². The highest BCUT2D eigenvalue weighted by atomic mass is 32.2. The summed E-state index contributed by atoms with van der Waals surface area (Å²) in [5.41, 5.74) is 0.663. The fraction of sp³-hybridized carbons (Fsp3) is 0.483. The molecule has 10 heteroatoms. The van der Waals surface area contributed by atoms with Crippen LogP contribution in [-0.2, 0) is 29.8 Å². The highest BCUT2D eigenvalue weighted by Gasteiger charge is 2.67. The van der Waals surface area contributed by atoms with Crippen molar-refractivity contribution in [2.45, 2.75) is 48.6 Å². The lowest BCUT2D eigenvalue weighted by Gasteiger charge is -2.38. The summed E-state index contributed by atoms with van der Waals surface area (Å²) in [5.74, 6) is -1.21. The molecule has 9 nitrogen and oxygen atoms in total. The minimum atomic E-state index is -3.59. The minimum absolute atomic E-state index is 0.0899. The lowest BCUT2D eigenvalue weighted by Crippen LogP contribution is -2.57. The van der Waals surface area contributed by atoms with Crippen LogP contribution in [0.2, 0.25) is 0 Å². The number of sulfone groups is 1. The number of carbonyl (C=O) groups excluding carboxylic acids is 3. The molecule has 4 aliphatic rings. The van der Waals surface area contributed by atoms with Gasteiger partial charge in [0.2, 0.25) is 11.8 Å². The normalized spacial score (nSPS) is 27.3. The lowest BCUT2D eigenvalue weighted by molar-refractivity contribution is -0.139. The summed E-state index contributed by atoms with van der Waals surface area (Å²) >= 11 is 0. The van der Waals surface area contributed by atoms with Gasteiger partial charge >= 0.3 is 0 Å². The molecule has 3 atom stereocenters. The van der Waals surface area contributed by atoms with E-state index in [1.165, 1.54) is 12.1 Å². The second kappa shape index (κ2) is 10.1. The van der Waals surface area contributed by atoms with Crippen molar-refractivity contribution >= 4 is 33.2 Å². The molecule has 3 amide bonds. The number of hydrogen-bond donors (Lipinski definition) is 1. The van der Waals surface area contributed by atoms with Gasteiger partial charge in [-0.05, 0) is 50.4 Å². The van der Waals surface area contributed by atoms with Crippen LogP contribution in [0.5, 0.6) is 0 Å². The maximum Gasteiger partial charge on any atom is 0.253 e. The second-order valence-electron chi connectivity index (χ2n) is 10.9. The molecule has 4 aliphatic heterocycles. The van der Waals surface area contributed by atoms with E-state index < -0.39 is 21.3 Å². The number of para-hydroxylation sites is 1. The first-order valence-corrected chi connectivity index (χ1v) is 15.5. The summed E-state index contributed by atoms with van der Waals surface area (Å²) < 4.78 is 25.5. The predicted octanol–water partition coefficient (Wildman–Crippen LogP) is 1.93. The first kappa shape index (κ1) is 26.0. The molecule has 3 fully saturated rings. The molecule has 0 aromatic heterocycles. The van der Waals surface area contributed by atoms with E-state index in [2.05, 4.69) is 10.2 Å². The predicted molar refractivity (Wildman–Crippen MR) is 146 cm³/mol. The molecule has 2 bridgehead atoms. The smallest absolute Gasteiger partial charge is 0.253 e. The van der Waals surface area contributed by atoms with E-state index in [-0.39, 0.29) is 40.8 Å². The zero-order chi connectivity index (χ0) is 27.2. The van der Waals surface area contributed by atoms with Crippen molar-refractivity contribution in [3.05, 3.63) is 60.2 Å². The van der Waals surface area contributed by atoms with Gasteiger partial charge in [-0.3, -0.25) is 19.3 Å². The Kier molecular flexibility index (Phi) is 6.71. The standard InChI is InChI=1S/C29H34N4O5S/c34-26(13-19-39(37,38)22-9-2-1-3-10-22)31-15-7-14-30-27(35)24-20-21-8-6-16-33(21)29(24)23-11-4-5-12-25(23)32(18-17-31)28(29)36/h1-5,9-12,21,24H,6-8,13-20H2,(H,30,35)/t21-,24-,29+/m0/s1. The molecule has 0 radical (unpaired) electrons. The third-order valence-corrected chi connectivity index (χ3v) is 10.6. The zero-order valence-electron chi connectivity index (χ0n) is 21.9. The molecule has 6 rings (SSSR count). The van der Waals surface area contributed by atoms with E-state index in [0.717, 1.165) is 30.6 Å². The van der Waals surface area contributed by atoms with E-state index in [1.807, 2.05) is 24.3 Å². The van der Waals surface area contributed by atoms with Gasteiger partial charge in [0.1, 0.15) is 5.54 Å². The third kappa shape index (κ3) is 4.24. The molecule has 39 heavy (non-hydrogen) atoms. The number of amides is 3. The summed E-state index contributed by atoms with van der Waals surface area (Å²) in [6, 6.07) is 16.1. The van der Waals surface area contributed by atoms with E-state index >= 15 is 0 Å². The Morgan fingerprint density at radius 2 is 1.72 bits per heavy atom. The number of benzene rings is 2. The van der Waals surface area contributed by atoms with Gasteiger partial charge in [0.15, 0.2) is 9.84 Å². The van der Waals surface area contributed by atoms with Crippen LogP contribution in [0.15, 0.2) is 59.5 Å². The van der Waals surface area contributed by atoms with E-state index in [4.69, 9.17) is 0 Å². The topological polar surface area (TPSA) is 107 Å². The summed E-state index contributed by atoms with van der Waals surface area (Å²) in [5, 5.41) is 3.06. The van der Waals surface area contributed by atoms with Crippen LogP contribution in [0.1, 0.15) is 37.7 Å². The van der Waals surface area contributed by atoms with Gasteiger partial charge in [-0.25, -0.2) is 8.42 Å². The van der Waals surface area contributed by atoms with Crippen LogP contribution in [0.4, 0.5) is 5.69 Å². The van der Waals surface area contributed by atoms with Crippen molar-refractivity contribution in [3.8, 4) is 0 Å². The molecular weight excluding hydrogens is 516 g/mol. The van der Waals surface area contributed by atoms with Crippen molar-refractivity contribution in [1.82, 2.24) is 15.1 Å². The van der Waals surface area contributed by atoms with Crippen LogP contribution in [-0.4, -0.2) is 80.5 Å². The molecule has 0 aliphatic carbocycles. The van der Waals surface area contributed by atoms with Gasteiger partial charge < -0.3 is 15.1 Å². The molecule has 1 spiro atoms. The van der Waals surface area contributed by atoms with Crippen LogP contribution in [0.25, 0.3) is 0 Å². The fourth-order valence-corrected chi connectivity index (χ4v) is 8.35. The summed E-state index contributed by atoms with van der Waals surface area (Å²) in [6.45, 7) is 2.13. The van der Waals surface area contributed by atoms with Crippen LogP contribution < -0.4 is 10.2 Å². The Hall–Kier alpha value is -3.24. The Balaban J connectivity index is 1.27. The number of fused-ring (bicyclic) bond motifs is 4. The van der Waals surface area contributed by atoms with E-state index in [0.29, 0.717) is 39.0 Å². The van der Waals surface area contributed by atoms with Crippen LogP contribution in [0.3, 0.4) is 0 Å². The molecular formula is C29H34N4O5S. The first-order valence-electron chi connectivity index (χ1n) is 13.9. The average molecular weight is 551 g/mol. The van der Waals surface area contributed by atoms with E-state index in [1.54, 1.807) is 28.0 Å². The Labute approximate surface area is 229 Å². The van der Waals surface area contributed by atoms with E-state index in [9.17, 15) is 22.8 Å². The number of nitrogens with one attached hydrogen (secondary N) is 1. The Bertz CT molecular complexity index is 1400. The highest BCUT2D eigenvalue weighted by molar-refractivity contribution is 7.91. The number of hydrogen-bond acceptors (Lipinski definition) is 6. The second-order valence-corrected chi connectivity index (χ2v) is 13.0. The first-order chi connectivity index (χ1) is 18.8. The fourth-order valence-electron chi connectivity index (χ4n) is 7.09. The van der Waals surface area contributed by atoms with Gasteiger partial charge in [0.05, 0.1) is 16.6 Å². The van der Waals surface area contributed by atoms with Gasteiger partial charge in [0.25, 0.3) is 5.91 Å². The highest BCUT2D eigenvalue weighted by Crippen LogP contribution is 2.57. The number of anilines is 1. The number of rotatable bonds is 4. The molecule has 2 aromatic rings. The quantitative estimate of drug-likeness (QED) is 0.624. The van der Waals surface area contributed by atoms with Crippen LogP contribution in [0, 0.1) is 5.92 Å². The number of nitrogens with zero attached hydrogens (tertiary/aromatic N) is 3. The molecule has 1 N–H and O–H groups in total. The summed E-state index contributed by atoms with van der Waals surface area (Å²) in [4.78, 5) is 47.1. The number of carbonyl (C=O) groups is 3. The van der Waals surface area contributed by atoms with Gasteiger partial charge in [-0.1, -0.05) is 36.4 Å². The minimum Gasteiger partial charge on any atom is -0.356 e. The van der Waals surface area contributed by atoms with Crippen molar-refractivity contribution in [2.75, 3.05) is 43.4 Å². The Morgan fingerprint density at radius 3 is 2.54 bits per heavy atom. The van der Waals surface area contributed by atoms with Crippen molar-refractivity contribution in [1.29, 1.82) is 0 Å². The van der Waals surface area contributed by atoms with Crippen molar-refractivity contribution < 1.29 is 22.8 Å². The van der Waals surface area contributed by atoms with Crippen LogP contribution >= 0.6 is 0 Å². The zero-order valence-corrected chi connectivity index (χ0v) is 22.7. The molecule has 2 aromatic carbocycles. The molecule has 3 saturated heterocycles. The average Bonchev–Trinajstić information content (AvgIpc) is 3.60. The maximum absolute atomic E-state index is 14.4. The SMILES string of the molecule is O=C1NCCCN(C(=O)CCS(=O)(=O)c2ccccc2)CCN2C(=O)[C@@]3(c4ccccc42)[C@H]1C[C@@H]1CCCN13. The van der Waals surface area contributed by atoms with Gasteiger partial charge in [-0.15, -0.1) is 0 Å². The maximum atomic E-state index is 14.4. The molecule has 0 saturated carbocycles. The largest absolute Gasteiger partial charge is 0.356 e.